The highest BCUT2D eigenvalue weighted by Crippen LogP contribution is 2.25. The van der Waals surface area contributed by atoms with Crippen LogP contribution in [0, 0.1) is 5.92 Å². The van der Waals surface area contributed by atoms with Gasteiger partial charge in [-0.05, 0) is 36.9 Å². The van der Waals surface area contributed by atoms with Crippen molar-refractivity contribution in [2.24, 2.45) is 11.7 Å². The van der Waals surface area contributed by atoms with E-state index in [1.807, 2.05) is 0 Å². The lowest BCUT2D eigenvalue weighted by molar-refractivity contribution is 0.0600. The van der Waals surface area contributed by atoms with Gasteiger partial charge < -0.3 is 10.5 Å². The molecule has 1 aromatic carbocycles. The summed E-state index contributed by atoms with van der Waals surface area (Å²) in [6.07, 6.45) is 2.73. The normalized spacial score (nSPS) is 20.8. The van der Waals surface area contributed by atoms with Gasteiger partial charge in [-0.25, -0.2) is 17.9 Å². The van der Waals surface area contributed by atoms with Gasteiger partial charge in [0, 0.05) is 6.04 Å². The van der Waals surface area contributed by atoms with E-state index in [4.69, 9.17) is 5.73 Å². The Morgan fingerprint density at radius 3 is 2.70 bits per heavy atom. The molecule has 0 aromatic heterocycles. The third kappa shape index (κ3) is 5.17. The number of nitrogens with two attached hydrogens (primary N) is 1. The van der Waals surface area contributed by atoms with Crippen molar-refractivity contribution in [3.05, 3.63) is 35.4 Å². The van der Waals surface area contributed by atoms with Crippen molar-refractivity contribution >= 4 is 28.4 Å². The second-order valence-electron chi connectivity index (χ2n) is 5.56. The van der Waals surface area contributed by atoms with Gasteiger partial charge in [0.1, 0.15) is 0 Å². The van der Waals surface area contributed by atoms with Crippen LogP contribution in [0.1, 0.15) is 35.2 Å². The van der Waals surface area contributed by atoms with E-state index in [-0.39, 0.29) is 35.7 Å². The van der Waals surface area contributed by atoms with Gasteiger partial charge in [0.05, 0.1) is 18.4 Å². The summed E-state index contributed by atoms with van der Waals surface area (Å²) in [7, 11) is -2.26. The number of carbonyl (C=O) groups is 1. The zero-order valence-corrected chi connectivity index (χ0v) is 14.7. The minimum Gasteiger partial charge on any atom is -0.465 e. The Morgan fingerprint density at radius 1 is 1.35 bits per heavy atom. The van der Waals surface area contributed by atoms with Crippen molar-refractivity contribution < 1.29 is 17.9 Å². The third-order valence-corrected chi connectivity index (χ3v) is 5.41. The molecule has 1 aliphatic rings. The summed E-state index contributed by atoms with van der Waals surface area (Å²) in [6, 6.07) is 6.46. The van der Waals surface area contributed by atoms with Crippen LogP contribution < -0.4 is 10.5 Å². The van der Waals surface area contributed by atoms with Crippen LogP contribution in [0.2, 0.25) is 0 Å². The van der Waals surface area contributed by atoms with Gasteiger partial charge in [-0.2, -0.15) is 0 Å². The average Bonchev–Trinajstić information content (AvgIpc) is 2.93. The number of rotatable bonds is 6. The molecule has 0 amide bonds. The second-order valence-corrected chi connectivity index (χ2v) is 7.31. The van der Waals surface area contributed by atoms with Crippen LogP contribution in [-0.2, 0) is 20.5 Å². The van der Waals surface area contributed by atoms with Crippen LogP contribution in [0.3, 0.4) is 0 Å². The predicted octanol–water partition coefficient (Wildman–Crippen LogP) is 1.44. The number of sulfonamides is 1. The van der Waals surface area contributed by atoms with Crippen molar-refractivity contribution in [3.8, 4) is 0 Å². The molecule has 0 spiro atoms. The summed E-state index contributed by atoms with van der Waals surface area (Å²) in [5, 5.41) is 0. The summed E-state index contributed by atoms with van der Waals surface area (Å²) < 4.78 is 32.2. The van der Waals surface area contributed by atoms with Crippen molar-refractivity contribution in [1.82, 2.24) is 4.72 Å². The molecule has 0 saturated heterocycles. The molecule has 130 valence electrons. The Hall–Kier alpha value is -1.15. The van der Waals surface area contributed by atoms with Gasteiger partial charge in [-0.1, -0.05) is 24.6 Å². The first-order chi connectivity index (χ1) is 10.5. The number of hydrogen-bond acceptors (Lipinski definition) is 5. The SMILES string of the molecule is COC(=O)c1ccccc1CS(=O)(=O)NC1CCCC1CN.Cl. The van der Waals surface area contributed by atoms with Gasteiger partial charge in [-0.15, -0.1) is 12.4 Å². The lowest BCUT2D eigenvalue weighted by Crippen LogP contribution is -2.40. The maximum atomic E-state index is 12.4. The molecule has 6 nitrogen and oxygen atoms in total. The van der Waals surface area contributed by atoms with Gasteiger partial charge >= 0.3 is 5.97 Å². The molecule has 1 aromatic rings. The molecule has 0 heterocycles. The number of ether oxygens (including phenoxy) is 1. The summed E-state index contributed by atoms with van der Waals surface area (Å²) in [5.74, 6) is -0.594. The first kappa shape index (κ1) is 19.9. The Kier molecular flexibility index (Phi) is 7.47. The van der Waals surface area contributed by atoms with Gasteiger partial charge in [0.2, 0.25) is 10.0 Å². The van der Waals surface area contributed by atoms with E-state index in [0.29, 0.717) is 12.1 Å². The topological polar surface area (TPSA) is 98.5 Å². The van der Waals surface area contributed by atoms with Crippen LogP contribution in [0.15, 0.2) is 24.3 Å². The van der Waals surface area contributed by atoms with E-state index in [0.717, 1.165) is 19.3 Å². The molecule has 2 unspecified atom stereocenters. The third-order valence-electron chi connectivity index (χ3n) is 4.06. The number of nitrogens with one attached hydrogen (secondary N) is 1. The molecule has 0 radical (unpaired) electrons. The zero-order valence-electron chi connectivity index (χ0n) is 13.0. The summed E-state index contributed by atoms with van der Waals surface area (Å²) >= 11 is 0. The van der Waals surface area contributed by atoms with Crippen molar-refractivity contribution in [3.63, 3.8) is 0 Å². The molecule has 1 aliphatic carbocycles. The fourth-order valence-electron chi connectivity index (χ4n) is 2.91. The number of carbonyl (C=O) groups excluding carboxylic acids is 1. The van der Waals surface area contributed by atoms with Crippen LogP contribution >= 0.6 is 12.4 Å². The lowest BCUT2D eigenvalue weighted by atomic mass is 10.1. The van der Waals surface area contributed by atoms with Gasteiger partial charge in [0.25, 0.3) is 0 Å². The molecule has 1 saturated carbocycles. The Morgan fingerprint density at radius 2 is 2.04 bits per heavy atom. The fraction of sp³-hybridized carbons (Fsp3) is 0.533. The minimum absolute atomic E-state index is 0. The fourth-order valence-corrected chi connectivity index (χ4v) is 4.42. The number of halogens is 1. The van der Waals surface area contributed by atoms with Crippen molar-refractivity contribution in [2.75, 3.05) is 13.7 Å². The molecule has 2 atom stereocenters. The van der Waals surface area contributed by atoms with E-state index in [9.17, 15) is 13.2 Å². The Bertz CT molecular complexity index is 636. The van der Waals surface area contributed by atoms with E-state index >= 15 is 0 Å². The molecule has 3 N–H and O–H groups in total. The van der Waals surface area contributed by atoms with Gasteiger partial charge in [0.15, 0.2) is 0 Å². The highest BCUT2D eigenvalue weighted by Gasteiger charge is 2.30. The highest BCUT2D eigenvalue weighted by molar-refractivity contribution is 7.88. The van der Waals surface area contributed by atoms with E-state index in [1.54, 1.807) is 24.3 Å². The summed E-state index contributed by atoms with van der Waals surface area (Å²) in [5.41, 5.74) is 6.39. The molecule has 0 aliphatic heterocycles. The molecule has 1 fully saturated rings. The van der Waals surface area contributed by atoms with Crippen molar-refractivity contribution in [2.45, 2.75) is 31.1 Å². The van der Waals surface area contributed by atoms with E-state index in [1.165, 1.54) is 7.11 Å². The van der Waals surface area contributed by atoms with Gasteiger partial charge in [-0.3, -0.25) is 0 Å². The van der Waals surface area contributed by atoms with Crippen LogP contribution in [-0.4, -0.2) is 34.1 Å². The Balaban J connectivity index is 0.00000264. The standard InChI is InChI=1S/C15H22N2O4S.ClH/c1-21-15(18)13-7-3-2-5-12(13)10-22(19,20)17-14-8-4-6-11(14)9-16;/h2-3,5,7,11,14,17H,4,6,8-10,16H2,1H3;1H. The quantitative estimate of drug-likeness (QED) is 0.746. The van der Waals surface area contributed by atoms with Crippen LogP contribution in [0.25, 0.3) is 0 Å². The lowest BCUT2D eigenvalue weighted by Gasteiger charge is -2.19. The van der Waals surface area contributed by atoms with Crippen LogP contribution in [0.5, 0.6) is 0 Å². The molecule has 2 rings (SSSR count). The largest absolute Gasteiger partial charge is 0.465 e. The van der Waals surface area contributed by atoms with E-state index < -0.39 is 16.0 Å². The highest BCUT2D eigenvalue weighted by atomic mass is 35.5. The monoisotopic (exact) mass is 362 g/mol. The van der Waals surface area contributed by atoms with Crippen molar-refractivity contribution in [1.29, 1.82) is 0 Å². The molecule has 0 bridgehead atoms. The Labute approximate surface area is 143 Å². The first-order valence-electron chi connectivity index (χ1n) is 7.33. The molecular weight excluding hydrogens is 340 g/mol. The number of esters is 1. The summed E-state index contributed by atoms with van der Waals surface area (Å²) in [4.78, 5) is 11.7. The average molecular weight is 363 g/mol. The molecular formula is C15H23ClN2O4S. The maximum Gasteiger partial charge on any atom is 0.338 e. The van der Waals surface area contributed by atoms with E-state index in [2.05, 4.69) is 9.46 Å². The number of benzene rings is 1. The summed E-state index contributed by atoms with van der Waals surface area (Å²) in [6.45, 7) is 0.478. The molecule has 23 heavy (non-hydrogen) atoms. The zero-order chi connectivity index (χ0) is 16.2. The minimum atomic E-state index is -3.54. The first-order valence-corrected chi connectivity index (χ1v) is 8.98. The maximum absolute atomic E-state index is 12.4. The smallest absolute Gasteiger partial charge is 0.338 e. The molecule has 8 heteroatoms. The number of methoxy groups -OCH3 is 1. The predicted molar refractivity (Wildman–Crippen MR) is 91.0 cm³/mol. The number of hydrogen-bond donors (Lipinski definition) is 2. The van der Waals surface area contributed by atoms with Crippen LogP contribution in [0.4, 0.5) is 0 Å². The second kappa shape index (κ2) is 8.63.